The van der Waals surface area contributed by atoms with Gasteiger partial charge in [0.05, 0.1) is 24.6 Å². The molecular weight excluding hydrogens is 418 g/mol. The largest absolute Gasteiger partial charge is 0.467 e. The fraction of sp³-hybridized carbons (Fsp3) is 0.190. The molecule has 0 fully saturated rings. The first-order valence-corrected chi connectivity index (χ1v) is 11.0. The summed E-state index contributed by atoms with van der Waals surface area (Å²) in [5.41, 5.74) is 1.73. The summed E-state index contributed by atoms with van der Waals surface area (Å²) < 4.78 is 7.41. The van der Waals surface area contributed by atoms with Crippen molar-refractivity contribution in [3.63, 3.8) is 0 Å². The van der Waals surface area contributed by atoms with Gasteiger partial charge in [-0.25, -0.2) is 4.98 Å². The number of aryl methyl sites for hydroxylation is 1. The molecule has 0 spiro atoms. The Morgan fingerprint density at radius 3 is 2.77 bits per heavy atom. The minimum Gasteiger partial charge on any atom is -0.467 e. The van der Waals surface area contributed by atoms with Crippen LogP contribution >= 0.6 is 23.1 Å². The summed E-state index contributed by atoms with van der Waals surface area (Å²) in [7, 11) is 0. The molecule has 30 heavy (non-hydrogen) atoms. The number of carbonyl (C=O) groups is 1. The molecule has 0 saturated carbocycles. The van der Waals surface area contributed by atoms with Gasteiger partial charge >= 0.3 is 0 Å². The average molecular weight is 436 g/mol. The summed E-state index contributed by atoms with van der Waals surface area (Å²) in [6.07, 6.45) is 1.62. The van der Waals surface area contributed by atoms with Gasteiger partial charge in [0, 0.05) is 16.6 Å². The Balaban J connectivity index is 1.57. The Morgan fingerprint density at radius 2 is 2.10 bits per heavy atom. The van der Waals surface area contributed by atoms with Gasteiger partial charge in [0.15, 0.2) is 22.7 Å². The van der Waals surface area contributed by atoms with E-state index in [2.05, 4.69) is 21.3 Å². The van der Waals surface area contributed by atoms with E-state index in [4.69, 9.17) is 4.42 Å². The van der Waals surface area contributed by atoms with E-state index in [1.165, 1.54) is 23.1 Å². The first-order valence-electron chi connectivity index (χ1n) is 9.14. The van der Waals surface area contributed by atoms with Crippen LogP contribution in [0.5, 0.6) is 0 Å². The third-order valence-electron chi connectivity index (χ3n) is 4.32. The van der Waals surface area contributed by atoms with Crippen molar-refractivity contribution >= 4 is 28.9 Å². The van der Waals surface area contributed by atoms with E-state index in [0.717, 1.165) is 17.0 Å². The summed E-state index contributed by atoms with van der Waals surface area (Å²) in [4.78, 5) is 17.0. The SMILES string of the molecule is Cc1csc([C@@H](C#N)C(=O)CSc2nnc(-c3ccccc3)n2Cc2ccco2)n1. The number of nitriles is 1. The molecule has 0 saturated heterocycles. The third-order valence-corrected chi connectivity index (χ3v) is 6.34. The van der Waals surface area contributed by atoms with Crippen LogP contribution in [0.25, 0.3) is 11.4 Å². The topological polar surface area (TPSA) is 97.6 Å². The standard InChI is InChI=1S/C21H17N5O2S2/c1-14-12-29-20(23-14)17(10-22)18(27)13-30-21-25-24-19(15-6-3-2-4-7-15)26(21)11-16-8-5-9-28-16/h2-9,12,17H,11,13H2,1H3/t17-/m0/s1. The van der Waals surface area contributed by atoms with E-state index in [9.17, 15) is 10.1 Å². The maximum Gasteiger partial charge on any atom is 0.192 e. The van der Waals surface area contributed by atoms with Crippen molar-refractivity contribution in [2.24, 2.45) is 0 Å². The second-order valence-corrected chi connectivity index (χ2v) is 8.31. The highest BCUT2D eigenvalue weighted by Gasteiger charge is 2.25. The van der Waals surface area contributed by atoms with Crippen LogP contribution in [-0.4, -0.2) is 31.3 Å². The molecule has 0 aliphatic rings. The molecule has 1 atom stereocenters. The number of furan rings is 1. The molecule has 9 heteroatoms. The third kappa shape index (κ3) is 4.35. The van der Waals surface area contributed by atoms with E-state index in [1.807, 2.05) is 59.3 Å². The van der Waals surface area contributed by atoms with Crippen LogP contribution in [0.1, 0.15) is 22.4 Å². The van der Waals surface area contributed by atoms with Gasteiger partial charge in [0.25, 0.3) is 0 Å². The highest BCUT2D eigenvalue weighted by atomic mass is 32.2. The summed E-state index contributed by atoms with van der Waals surface area (Å²) >= 11 is 2.59. The number of aromatic nitrogens is 4. The Labute approximate surface area is 181 Å². The lowest BCUT2D eigenvalue weighted by atomic mass is 10.1. The van der Waals surface area contributed by atoms with Crippen molar-refractivity contribution < 1.29 is 9.21 Å². The van der Waals surface area contributed by atoms with Crippen LogP contribution in [0, 0.1) is 18.3 Å². The molecule has 0 radical (unpaired) electrons. The number of ketones is 1. The summed E-state index contributed by atoms with van der Waals surface area (Å²) in [5.74, 6) is 0.474. The van der Waals surface area contributed by atoms with Gasteiger partial charge in [-0.2, -0.15) is 5.26 Å². The lowest BCUT2D eigenvalue weighted by Crippen LogP contribution is -2.14. The van der Waals surface area contributed by atoms with Gasteiger partial charge in [-0.1, -0.05) is 42.1 Å². The Kier molecular flexibility index (Phi) is 6.07. The molecule has 3 aromatic heterocycles. The molecule has 3 heterocycles. The van der Waals surface area contributed by atoms with Gasteiger partial charge < -0.3 is 4.42 Å². The highest BCUT2D eigenvalue weighted by molar-refractivity contribution is 7.99. The molecule has 0 aliphatic carbocycles. The average Bonchev–Trinajstić information content (AvgIpc) is 3.50. The molecule has 4 aromatic rings. The second kappa shape index (κ2) is 9.07. The van der Waals surface area contributed by atoms with Gasteiger partial charge in [0.1, 0.15) is 10.8 Å². The molecular formula is C21H17N5O2S2. The minimum absolute atomic E-state index is 0.0991. The number of Topliss-reactive ketones (excluding diaryl/α,β-unsaturated/α-hetero) is 1. The monoisotopic (exact) mass is 435 g/mol. The molecule has 0 bridgehead atoms. The van der Waals surface area contributed by atoms with Crippen molar-refractivity contribution in [1.82, 2.24) is 19.7 Å². The highest BCUT2D eigenvalue weighted by Crippen LogP contribution is 2.28. The predicted molar refractivity (Wildman–Crippen MR) is 114 cm³/mol. The van der Waals surface area contributed by atoms with E-state index >= 15 is 0 Å². The zero-order valence-corrected chi connectivity index (χ0v) is 17.7. The number of rotatable bonds is 8. The van der Waals surface area contributed by atoms with Crippen LogP contribution in [0.3, 0.4) is 0 Å². The fourth-order valence-corrected chi connectivity index (χ4v) is 4.59. The predicted octanol–water partition coefficient (Wildman–Crippen LogP) is 4.32. The molecule has 0 aliphatic heterocycles. The number of hydrogen-bond donors (Lipinski definition) is 0. The molecule has 1 aromatic carbocycles. The zero-order valence-electron chi connectivity index (χ0n) is 16.1. The van der Waals surface area contributed by atoms with E-state index in [-0.39, 0.29) is 11.5 Å². The first kappa shape index (κ1) is 20.1. The molecule has 7 nitrogen and oxygen atoms in total. The normalized spacial score (nSPS) is 11.9. The summed E-state index contributed by atoms with van der Waals surface area (Å²) in [6.45, 7) is 2.28. The maximum atomic E-state index is 12.7. The van der Waals surface area contributed by atoms with Crippen LogP contribution in [0.15, 0.2) is 63.7 Å². The summed E-state index contributed by atoms with van der Waals surface area (Å²) in [5, 5.41) is 21.1. The Hall–Kier alpha value is -3.22. The van der Waals surface area contributed by atoms with Gasteiger partial charge in [-0.15, -0.1) is 21.5 Å². The molecule has 0 N–H and O–H groups in total. The van der Waals surface area contributed by atoms with E-state index in [1.54, 1.807) is 6.26 Å². The van der Waals surface area contributed by atoms with Gasteiger partial charge in [-0.3, -0.25) is 9.36 Å². The van der Waals surface area contributed by atoms with Crippen LogP contribution < -0.4 is 0 Å². The number of hydrogen-bond acceptors (Lipinski definition) is 8. The molecule has 150 valence electrons. The number of nitrogens with zero attached hydrogens (tertiary/aromatic N) is 5. The number of thioether (sulfide) groups is 1. The molecule has 0 unspecified atom stereocenters. The van der Waals surface area contributed by atoms with Crippen LogP contribution in [-0.2, 0) is 11.3 Å². The lowest BCUT2D eigenvalue weighted by Gasteiger charge is -2.09. The second-order valence-electron chi connectivity index (χ2n) is 6.48. The van der Waals surface area contributed by atoms with Gasteiger partial charge in [-0.05, 0) is 19.1 Å². The zero-order chi connectivity index (χ0) is 20.9. The van der Waals surface area contributed by atoms with E-state index < -0.39 is 5.92 Å². The van der Waals surface area contributed by atoms with Gasteiger partial charge in [0.2, 0.25) is 0 Å². The van der Waals surface area contributed by atoms with E-state index in [0.29, 0.717) is 22.5 Å². The Morgan fingerprint density at radius 1 is 1.27 bits per heavy atom. The minimum atomic E-state index is -0.869. The molecule has 4 rings (SSSR count). The molecule has 0 amide bonds. The number of carbonyl (C=O) groups excluding carboxylic acids is 1. The smallest absolute Gasteiger partial charge is 0.192 e. The maximum absolute atomic E-state index is 12.7. The van der Waals surface area contributed by atoms with Crippen molar-refractivity contribution in [3.05, 3.63) is 70.6 Å². The van der Waals surface area contributed by atoms with Crippen molar-refractivity contribution in [2.45, 2.75) is 24.5 Å². The lowest BCUT2D eigenvalue weighted by molar-refractivity contribution is -0.116. The number of thiazole rings is 1. The van der Waals surface area contributed by atoms with Crippen LogP contribution in [0.2, 0.25) is 0 Å². The first-order chi connectivity index (χ1) is 14.7. The Bertz CT molecular complexity index is 1180. The quantitative estimate of drug-likeness (QED) is 0.380. The van der Waals surface area contributed by atoms with Crippen molar-refractivity contribution in [2.75, 3.05) is 5.75 Å². The van der Waals surface area contributed by atoms with Crippen LogP contribution in [0.4, 0.5) is 0 Å². The number of benzene rings is 1. The van der Waals surface area contributed by atoms with Crippen molar-refractivity contribution in [3.8, 4) is 17.5 Å². The fourth-order valence-electron chi connectivity index (χ4n) is 2.89. The summed E-state index contributed by atoms with van der Waals surface area (Å²) in [6, 6.07) is 15.5. The van der Waals surface area contributed by atoms with Crippen molar-refractivity contribution in [1.29, 1.82) is 5.26 Å².